The van der Waals surface area contributed by atoms with E-state index < -0.39 is 17.5 Å². The molecule has 1 saturated heterocycles. The lowest BCUT2D eigenvalue weighted by Crippen LogP contribution is -2.45. The number of rotatable bonds is 12. The number of amides is 1. The van der Waals surface area contributed by atoms with Crippen LogP contribution in [0, 0.1) is 10.1 Å². The number of aromatic amines is 1. The minimum atomic E-state index is -4.22. The molecule has 0 spiro atoms. The molecule has 13 heteroatoms. The number of H-pyrrole nitrogens is 1. The maximum absolute atomic E-state index is 13.2. The van der Waals surface area contributed by atoms with Crippen molar-refractivity contribution in [2.45, 2.75) is 76.6 Å². The molecule has 4 heterocycles. The minimum Gasteiger partial charge on any atom is -0.477 e. The van der Waals surface area contributed by atoms with Crippen LogP contribution < -0.4 is 20.7 Å². The van der Waals surface area contributed by atoms with Crippen molar-refractivity contribution in [3.8, 4) is 11.7 Å². The standard InChI is InChI=1S/C29H36F3N7O2S/c1-27(2)12-10-19(5-4-16-34-21-6-3-7-24(42)35-21)39(27)26-20(25(33)40)8-9-22(36-26)38-17-11-23(37-38)41-18-15-28(13-14-28)29(30,31)32/h3,6-9,11,17,19H,4-5,10,12-16,18H2,1-2H3,(H2,33,40)(H2,34,35,42)/t19-/m1/s1. The molecule has 1 aliphatic carbocycles. The van der Waals surface area contributed by atoms with Gasteiger partial charge in [0.2, 0.25) is 5.88 Å². The first-order valence-corrected chi connectivity index (χ1v) is 14.6. The Balaban J connectivity index is 1.30. The highest BCUT2D eigenvalue weighted by Gasteiger charge is 2.62. The Morgan fingerprint density at radius 1 is 1.21 bits per heavy atom. The zero-order valence-electron chi connectivity index (χ0n) is 23.7. The van der Waals surface area contributed by atoms with Crippen molar-refractivity contribution >= 4 is 29.8 Å². The van der Waals surface area contributed by atoms with Gasteiger partial charge in [0.15, 0.2) is 5.82 Å². The number of hydrogen-bond donors (Lipinski definition) is 3. The van der Waals surface area contributed by atoms with Crippen molar-refractivity contribution in [1.29, 1.82) is 0 Å². The summed E-state index contributed by atoms with van der Waals surface area (Å²) in [6.07, 6.45) is 1.20. The lowest BCUT2D eigenvalue weighted by Gasteiger charge is -2.38. The van der Waals surface area contributed by atoms with Crippen molar-refractivity contribution in [3.63, 3.8) is 0 Å². The van der Waals surface area contributed by atoms with Crippen LogP contribution in [0.25, 0.3) is 5.82 Å². The molecule has 2 fully saturated rings. The van der Waals surface area contributed by atoms with Crippen LogP contribution in [0.15, 0.2) is 42.6 Å². The van der Waals surface area contributed by atoms with Gasteiger partial charge < -0.3 is 25.7 Å². The second-order valence-electron chi connectivity index (χ2n) is 11.8. The van der Waals surface area contributed by atoms with Crippen molar-refractivity contribution in [2.24, 2.45) is 11.1 Å². The molecule has 42 heavy (non-hydrogen) atoms. The fraction of sp³-hybridized carbons (Fsp3) is 0.517. The maximum Gasteiger partial charge on any atom is 0.394 e. The first-order chi connectivity index (χ1) is 19.9. The van der Waals surface area contributed by atoms with Gasteiger partial charge in [-0.25, -0.2) is 9.67 Å². The molecule has 9 nitrogen and oxygen atoms in total. The van der Waals surface area contributed by atoms with Gasteiger partial charge in [0.25, 0.3) is 5.91 Å². The summed E-state index contributed by atoms with van der Waals surface area (Å²) in [6, 6.07) is 10.7. The van der Waals surface area contributed by atoms with Gasteiger partial charge in [0.1, 0.15) is 16.3 Å². The van der Waals surface area contributed by atoms with Crippen LogP contribution in [-0.4, -0.2) is 56.6 Å². The van der Waals surface area contributed by atoms with E-state index in [1.807, 2.05) is 18.2 Å². The van der Waals surface area contributed by atoms with E-state index in [0.29, 0.717) is 21.8 Å². The summed E-state index contributed by atoms with van der Waals surface area (Å²) in [6.45, 7) is 4.92. The summed E-state index contributed by atoms with van der Waals surface area (Å²) in [5, 5.41) is 7.74. The summed E-state index contributed by atoms with van der Waals surface area (Å²) in [5.41, 5.74) is 4.21. The topological polar surface area (TPSA) is 114 Å². The molecule has 1 atom stereocenters. The van der Waals surface area contributed by atoms with Crippen LogP contribution in [0.5, 0.6) is 5.88 Å². The third-order valence-electron chi connectivity index (χ3n) is 8.34. The van der Waals surface area contributed by atoms with Gasteiger partial charge in [-0.2, -0.15) is 13.2 Å². The summed E-state index contributed by atoms with van der Waals surface area (Å²) in [4.78, 5) is 22.6. The number of ether oxygens (including phenoxy) is 1. The monoisotopic (exact) mass is 603 g/mol. The Morgan fingerprint density at radius 2 is 2.00 bits per heavy atom. The van der Waals surface area contributed by atoms with Crippen molar-refractivity contribution in [1.82, 2.24) is 19.7 Å². The number of alkyl halides is 3. The van der Waals surface area contributed by atoms with Crippen molar-refractivity contribution < 1.29 is 22.7 Å². The first-order valence-electron chi connectivity index (χ1n) is 14.2. The van der Waals surface area contributed by atoms with E-state index >= 15 is 0 Å². The normalized spacial score (nSPS) is 19.1. The molecular weight excluding hydrogens is 567 g/mol. The molecule has 1 saturated carbocycles. The molecule has 1 amide bonds. The SMILES string of the molecule is CC1(C)CC[C@@H](CCCNc2cccc(=S)[nH]2)N1c1nc(-n2ccc(OCCC3(C(F)(F)F)CC3)n2)ccc1C(N)=O. The number of carbonyl (C=O) groups is 1. The molecule has 4 N–H and O–H groups in total. The zero-order chi connectivity index (χ0) is 30.1. The smallest absolute Gasteiger partial charge is 0.394 e. The third-order valence-corrected chi connectivity index (χ3v) is 8.58. The highest BCUT2D eigenvalue weighted by Crippen LogP contribution is 2.59. The van der Waals surface area contributed by atoms with E-state index in [-0.39, 0.29) is 43.3 Å². The molecule has 0 aromatic carbocycles. The van der Waals surface area contributed by atoms with Crippen LogP contribution in [0.1, 0.15) is 69.2 Å². The Hall–Kier alpha value is -3.61. The molecule has 0 bridgehead atoms. The van der Waals surface area contributed by atoms with Crippen molar-refractivity contribution in [2.75, 3.05) is 23.4 Å². The van der Waals surface area contributed by atoms with E-state index in [2.05, 4.69) is 34.1 Å². The number of primary amides is 1. The highest BCUT2D eigenvalue weighted by atomic mass is 32.1. The van der Waals surface area contributed by atoms with Gasteiger partial charge in [-0.05, 0) is 83.1 Å². The van der Waals surface area contributed by atoms with Crippen LogP contribution in [0.4, 0.5) is 24.8 Å². The Bertz CT molecular complexity index is 1480. The van der Waals surface area contributed by atoms with E-state index in [0.717, 1.165) is 38.0 Å². The van der Waals surface area contributed by atoms with Gasteiger partial charge in [-0.15, -0.1) is 5.10 Å². The molecule has 0 radical (unpaired) electrons. The molecule has 2 aliphatic rings. The number of anilines is 2. The predicted octanol–water partition coefficient (Wildman–Crippen LogP) is 6.17. The molecule has 5 rings (SSSR count). The third kappa shape index (κ3) is 6.40. The molecule has 226 valence electrons. The second-order valence-corrected chi connectivity index (χ2v) is 12.2. The fourth-order valence-electron chi connectivity index (χ4n) is 5.74. The Labute approximate surface area is 247 Å². The quantitative estimate of drug-likeness (QED) is 0.167. The minimum absolute atomic E-state index is 0.0783. The number of aromatic nitrogens is 4. The molecule has 3 aromatic heterocycles. The van der Waals surface area contributed by atoms with Gasteiger partial charge in [-0.1, -0.05) is 18.3 Å². The predicted molar refractivity (Wildman–Crippen MR) is 157 cm³/mol. The number of nitrogens with two attached hydrogens (primary N) is 1. The number of halogens is 3. The molecule has 1 aliphatic heterocycles. The second kappa shape index (κ2) is 11.6. The Morgan fingerprint density at radius 3 is 2.69 bits per heavy atom. The molecule has 3 aromatic rings. The summed E-state index contributed by atoms with van der Waals surface area (Å²) < 4.78 is 47.4. The zero-order valence-corrected chi connectivity index (χ0v) is 24.5. The highest BCUT2D eigenvalue weighted by molar-refractivity contribution is 7.71. The van der Waals surface area contributed by atoms with Crippen LogP contribution in [-0.2, 0) is 0 Å². The Kier molecular flexibility index (Phi) is 8.23. The van der Waals surface area contributed by atoms with Gasteiger partial charge in [0.05, 0.1) is 17.6 Å². The average Bonchev–Trinajstić information content (AvgIpc) is 3.48. The fourth-order valence-corrected chi connectivity index (χ4v) is 5.93. The summed E-state index contributed by atoms with van der Waals surface area (Å²) in [7, 11) is 0. The van der Waals surface area contributed by atoms with Crippen molar-refractivity contribution in [3.05, 3.63) is 52.8 Å². The number of nitrogens with zero attached hydrogens (tertiary/aromatic N) is 4. The summed E-state index contributed by atoms with van der Waals surface area (Å²) in [5.74, 6) is 1.44. The van der Waals surface area contributed by atoms with Crippen LogP contribution >= 0.6 is 12.2 Å². The van der Waals surface area contributed by atoms with E-state index in [1.54, 1.807) is 24.4 Å². The van der Waals surface area contributed by atoms with Crippen LogP contribution in [0.3, 0.4) is 0 Å². The first kappa shape index (κ1) is 29.9. The summed E-state index contributed by atoms with van der Waals surface area (Å²) >= 11 is 5.19. The average molecular weight is 604 g/mol. The van der Waals surface area contributed by atoms with Gasteiger partial charge >= 0.3 is 6.18 Å². The van der Waals surface area contributed by atoms with Gasteiger partial charge in [0, 0.05) is 30.4 Å². The lowest BCUT2D eigenvalue weighted by molar-refractivity contribution is -0.190. The molecule has 0 unspecified atom stereocenters. The van der Waals surface area contributed by atoms with E-state index in [4.69, 9.17) is 27.7 Å². The molecular formula is C29H36F3N7O2S. The maximum atomic E-state index is 13.2. The van der Waals surface area contributed by atoms with E-state index in [9.17, 15) is 18.0 Å². The number of hydrogen-bond acceptors (Lipinski definition) is 7. The van der Waals surface area contributed by atoms with Gasteiger partial charge in [-0.3, -0.25) is 4.79 Å². The number of carbonyl (C=O) groups excluding carboxylic acids is 1. The lowest BCUT2D eigenvalue weighted by atomic mass is 10.0. The number of pyridine rings is 2. The van der Waals surface area contributed by atoms with E-state index in [1.165, 1.54) is 4.68 Å². The number of nitrogens with one attached hydrogen (secondary N) is 2. The van der Waals surface area contributed by atoms with Crippen LogP contribution in [0.2, 0.25) is 0 Å². The largest absolute Gasteiger partial charge is 0.477 e.